The lowest BCUT2D eigenvalue weighted by molar-refractivity contribution is 1.39. The number of rotatable bonds is 5. The Kier molecular flexibility index (Phi) is 8.21. The number of hydrogen-bond donors (Lipinski definition) is 0. The molecule has 0 saturated carbocycles. The molecule has 0 fully saturated rings. The Labute approximate surface area is 362 Å². The molecule has 0 amide bonds. The lowest BCUT2D eigenvalue weighted by Crippen LogP contribution is -1.99. The maximum Gasteiger partial charge on any atom is -0.000719 e. The molecule has 0 heterocycles. The number of benzene rings is 12. The summed E-state index contributed by atoms with van der Waals surface area (Å²) in [6.07, 6.45) is 0. The van der Waals surface area contributed by atoms with Crippen LogP contribution >= 0.6 is 0 Å². The summed E-state index contributed by atoms with van der Waals surface area (Å²) in [5, 5.41) is 15.8. The summed E-state index contributed by atoms with van der Waals surface area (Å²) in [6, 6.07) is 72.5. The Morgan fingerprint density at radius 1 is 0.194 bits per heavy atom. The van der Waals surface area contributed by atoms with Crippen LogP contribution in [0.5, 0.6) is 0 Å². The topological polar surface area (TPSA) is 0 Å². The first-order valence-electron chi connectivity index (χ1n) is 21.9. The molecule has 0 aliphatic carbocycles. The van der Waals surface area contributed by atoms with Gasteiger partial charge in [0.15, 0.2) is 0 Å². The van der Waals surface area contributed by atoms with Gasteiger partial charge in [-0.25, -0.2) is 0 Å². The van der Waals surface area contributed by atoms with Crippen molar-refractivity contribution in [3.63, 3.8) is 0 Å². The third-order valence-corrected chi connectivity index (χ3v) is 14.1. The second-order valence-corrected chi connectivity index (χ2v) is 17.2. The van der Waals surface area contributed by atoms with Crippen LogP contribution in [0.15, 0.2) is 194 Å². The van der Waals surface area contributed by atoms with E-state index in [1.165, 1.54) is 143 Å². The average molecular weight is 789 g/mol. The summed E-state index contributed by atoms with van der Waals surface area (Å²) in [4.78, 5) is 0. The van der Waals surface area contributed by atoms with Crippen LogP contribution in [0.3, 0.4) is 0 Å². The Bertz CT molecular complexity index is 3650. The van der Waals surface area contributed by atoms with Gasteiger partial charge in [0.25, 0.3) is 0 Å². The van der Waals surface area contributed by atoms with Gasteiger partial charge in [0, 0.05) is 0 Å². The fraction of sp³-hybridized carbons (Fsp3) is 0.0645. The molecule has 0 spiro atoms. The van der Waals surface area contributed by atoms with E-state index in [1.54, 1.807) is 0 Å². The molecule has 62 heavy (non-hydrogen) atoms. The molecule has 0 aliphatic heterocycles. The Balaban J connectivity index is 1.31. The first-order chi connectivity index (χ1) is 30.5. The van der Waals surface area contributed by atoms with E-state index in [9.17, 15) is 0 Å². The van der Waals surface area contributed by atoms with Gasteiger partial charge >= 0.3 is 0 Å². The van der Waals surface area contributed by atoms with E-state index in [-0.39, 0.29) is 0 Å². The summed E-state index contributed by atoms with van der Waals surface area (Å²) in [6.45, 7) is 9.24. The minimum absolute atomic E-state index is 1.20. The highest BCUT2D eigenvalue weighted by Gasteiger charge is 2.27. The van der Waals surface area contributed by atoms with Crippen molar-refractivity contribution in [1.82, 2.24) is 0 Å². The molecule has 0 radical (unpaired) electrons. The molecule has 0 saturated heterocycles. The summed E-state index contributed by atoms with van der Waals surface area (Å²) in [5.41, 5.74) is 17.7. The van der Waals surface area contributed by atoms with Crippen molar-refractivity contribution in [2.24, 2.45) is 0 Å². The maximum absolute atomic E-state index is 2.51. The number of fused-ring (bicyclic) bond motifs is 6. The highest BCUT2D eigenvalue weighted by Crippen LogP contribution is 2.55. The molecule has 0 unspecified atom stereocenters. The van der Waals surface area contributed by atoms with E-state index < -0.39 is 0 Å². The Morgan fingerprint density at radius 2 is 0.532 bits per heavy atom. The molecule has 12 aromatic rings. The van der Waals surface area contributed by atoms with Crippen LogP contribution in [-0.4, -0.2) is 0 Å². The van der Waals surface area contributed by atoms with Crippen LogP contribution in [0.2, 0.25) is 0 Å². The van der Waals surface area contributed by atoms with Crippen LogP contribution in [0.25, 0.3) is 120 Å². The van der Waals surface area contributed by atoms with Crippen LogP contribution in [0.1, 0.15) is 22.3 Å². The fourth-order valence-corrected chi connectivity index (χ4v) is 10.9. The second kappa shape index (κ2) is 14.0. The molecular weight excluding hydrogens is 745 g/mol. The van der Waals surface area contributed by atoms with Gasteiger partial charge in [-0.1, -0.05) is 176 Å². The van der Waals surface area contributed by atoms with Crippen molar-refractivity contribution >= 4 is 64.6 Å². The van der Waals surface area contributed by atoms with Gasteiger partial charge in [0.05, 0.1) is 0 Å². The van der Waals surface area contributed by atoms with Gasteiger partial charge < -0.3 is 0 Å². The Morgan fingerprint density at radius 3 is 1.02 bits per heavy atom. The minimum Gasteiger partial charge on any atom is -0.0622 e. The smallest absolute Gasteiger partial charge is 0.000719 e. The molecule has 0 N–H and O–H groups in total. The molecule has 0 aliphatic rings. The summed E-state index contributed by atoms with van der Waals surface area (Å²) in [7, 11) is 0. The third-order valence-electron chi connectivity index (χ3n) is 14.1. The van der Waals surface area contributed by atoms with Crippen LogP contribution in [0.4, 0.5) is 0 Å². The first-order valence-corrected chi connectivity index (χ1v) is 21.9. The van der Waals surface area contributed by atoms with Gasteiger partial charge in [0.1, 0.15) is 0 Å². The van der Waals surface area contributed by atoms with E-state index in [0.717, 1.165) is 0 Å². The van der Waals surface area contributed by atoms with E-state index in [0.29, 0.717) is 0 Å². The summed E-state index contributed by atoms with van der Waals surface area (Å²) < 4.78 is 0. The molecule has 0 atom stereocenters. The third kappa shape index (κ3) is 5.26. The van der Waals surface area contributed by atoms with Crippen molar-refractivity contribution in [2.45, 2.75) is 27.7 Å². The van der Waals surface area contributed by atoms with Gasteiger partial charge in [-0.15, -0.1) is 0 Å². The zero-order valence-electron chi connectivity index (χ0n) is 35.5. The van der Waals surface area contributed by atoms with E-state index >= 15 is 0 Å². The molecule has 292 valence electrons. The molecule has 0 heteroatoms. The van der Waals surface area contributed by atoms with Gasteiger partial charge in [-0.2, -0.15) is 0 Å². The van der Waals surface area contributed by atoms with Crippen molar-refractivity contribution < 1.29 is 0 Å². The quantitative estimate of drug-likeness (QED) is 0.152. The van der Waals surface area contributed by atoms with Crippen LogP contribution < -0.4 is 0 Å². The molecule has 0 bridgehead atoms. The molecular formula is C62H44. The normalized spacial score (nSPS) is 11.9. The van der Waals surface area contributed by atoms with Crippen molar-refractivity contribution in [3.8, 4) is 55.6 Å². The zero-order valence-corrected chi connectivity index (χ0v) is 35.5. The monoisotopic (exact) mass is 788 g/mol. The van der Waals surface area contributed by atoms with Gasteiger partial charge in [0.2, 0.25) is 0 Å². The number of hydrogen-bond acceptors (Lipinski definition) is 0. The highest BCUT2D eigenvalue weighted by atomic mass is 14.3. The number of aryl methyl sites for hydroxylation is 4. The maximum atomic E-state index is 2.51. The molecule has 0 aromatic heterocycles. The zero-order chi connectivity index (χ0) is 41.6. The first kappa shape index (κ1) is 36.3. The SMILES string of the molecule is Cc1c(C)c2cc(-c3ccc4c5ccccc5c5c(-c6ccccc6)c(-c6ccccc6)c(-c6ccccc6)c(-c6ccccc6)c5c4c3)cc3c(C)c(C)c4cccc1c4c23. The van der Waals surface area contributed by atoms with E-state index in [1.807, 2.05) is 0 Å². The van der Waals surface area contributed by atoms with Gasteiger partial charge in [-0.05, 0) is 188 Å². The lowest BCUT2D eigenvalue weighted by Gasteiger charge is -2.26. The lowest BCUT2D eigenvalue weighted by atomic mass is 9.76. The molecule has 12 rings (SSSR count). The summed E-state index contributed by atoms with van der Waals surface area (Å²) in [5.74, 6) is 0. The van der Waals surface area contributed by atoms with Crippen molar-refractivity contribution in [2.75, 3.05) is 0 Å². The van der Waals surface area contributed by atoms with Crippen LogP contribution in [-0.2, 0) is 0 Å². The predicted octanol–water partition coefficient (Wildman–Crippen LogP) is 17.6. The predicted molar refractivity (Wildman–Crippen MR) is 269 cm³/mol. The van der Waals surface area contributed by atoms with Crippen LogP contribution in [0, 0.1) is 27.7 Å². The average Bonchev–Trinajstić information content (AvgIpc) is 3.34. The van der Waals surface area contributed by atoms with Crippen molar-refractivity contribution in [3.05, 3.63) is 216 Å². The molecule has 12 aromatic carbocycles. The van der Waals surface area contributed by atoms with E-state index in [2.05, 4.69) is 222 Å². The van der Waals surface area contributed by atoms with E-state index in [4.69, 9.17) is 0 Å². The fourth-order valence-electron chi connectivity index (χ4n) is 10.9. The van der Waals surface area contributed by atoms with Crippen molar-refractivity contribution in [1.29, 1.82) is 0 Å². The molecule has 0 nitrogen and oxygen atoms in total. The highest BCUT2D eigenvalue weighted by molar-refractivity contribution is 6.36. The Hall–Kier alpha value is -7.54. The minimum atomic E-state index is 1.20. The largest absolute Gasteiger partial charge is 0.0622 e. The standard InChI is InChI=1S/C62H44/c1-37-39(3)52-35-46(36-53-40(4)38(2)48-31-19-30-47(37)59(48)60(52)53)45-32-33-50-49-28-17-18-29-51(49)61-57(43-24-13-7-14-25-43)55(41-20-9-5-10-21-41)56(42-22-11-6-12-23-42)58(62(61)54(50)34-45)44-26-15-8-16-27-44/h5-36H,1-4H3. The van der Waals surface area contributed by atoms with Gasteiger partial charge in [-0.3, -0.25) is 0 Å². The second-order valence-electron chi connectivity index (χ2n) is 17.2. The summed E-state index contributed by atoms with van der Waals surface area (Å²) >= 11 is 0.